The third-order valence-corrected chi connectivity index (χ3v) is 3.23. The Labute approximate surface area is 92.1 Å². The van der Waals surface area contributed by atoms with E-state index in [1.165, 1.54) is 0 Å². The van der Waals surface area contributed by atoms with Crippen LogP contribution in [-0.4, -0.2) is 15.7 Å². The van der Waals surface area contributed by atoms with Crippen LogP contribution >= 0.6 is 35.0 Å². The van der Waals surface area contributed by atoms with Crippen molar-refractivity contribution in [2.24, 2.45) is 0 Å². The molecular weight excluding hydrogens is 227 g/mol. The van der Waals surface area contributed by atoms with E-state index in [4.69, 9.17) is 23.2 Å². The van der Waals surface area contributed by atoms with Crippen LogP contribution in [0.15, 0.2) is 5.16 Å². The minimum absolute atomic E-state index is 0.443. The van der Waals surface area contributed by atoms with Gasteiger partial charge in [0.1, 0.15) is 10.3 Å². The highest BCUT2D eigenvalue weighted by atomic mass is 35.5. The predicted molar refractivity (Wildman–Crippen MR) is 57.8 cm³/mol. The summed E-state index contributed by atoms with van der Waals surface area (Å²) < 4.78 is 0. The summed E-state index contributed by atoms with van der Waals surface area (Å²) in [5.41, 5.74) is 0.740. The van der Waals surface area contributed by atoms with E-state index in [-0.39, 0.29) is 0 Å². The molecule has 0 bridgehead atoms. The highest BCUT2D eigenvalue weighted by Crippen LogP contribution is 2.24. The predicted octanol–water partition coefficient (Wildman–Crippen LogP) is 3.59. The minimum Gasteiger partial charge on any atom is -0.210 e. The fourth-order valence-electron chi connectivity index (χ4n) is 0.704. The summed E-state index contributed by atoms with van der Waals surface area (Å²) in [4.78, 5) is 8.21. The van der Waals surface area contributed by atoms with Crippen LogP contribution in [0.1, 0.15) is 18.9 Å². The molecule has 0 fully saturated rings. The van der Waals surface area contributed by atoms with Gasteiger partial charge in [0.2, 0.25) is 0 Å². The molecule has 1 heterocycles. The monoisotopic (exact) mass is 236 g/mol. The van der Waals surface area contributed by atoms with Crippen LogP contribution in [0.5, 0.6) is 0 Å². The quantitative estimate of drug-likeness (QED) is 0.456. The third-order valence-electron chi connectivity index (χ3n) is 1.44. The number of rotatable bonds is 3. The summed E-state index contributed by atoms with van der Waals surface area (Å²) in [5.74, 6) is 0.982. The molecule has 0 saturated heterocycles. The molecule has 72 valence electrons. The molecule has 0 unspecified atom stereocenters. The fourth-order valence-corrected chi connectivity index (χ4v) is 1.89. The Balaban J connectivity index is 2.86. The Morgan fingerprint density at radius 1 is 1.23 bits per heavy atom. The molecule has 0 spiro atoms. The van der Waals surface area contributed by atoms with E-state index < -0.39 is 0 Å². The molecule has 2 nitrogen and oxygen atoms in total. The Bertz CT molecular complexity index is 281. The molecule has 0 aliphatic carbocycles. The number of hydrogen-bond acceptors (Lipinski definition) is 3. The average Bonchev–Trinajstić information content (AvgIpc) is 2.10. The van der Waals surface area contributed by atoms with Gasteiger partial charge in [-0.25, -0.2) is 9.97 Å². The van der Waals surface area contributed by atoms with Crippen LogP contribution in [0.25, 0.3) is 0 Å². The van der Waals surface area contributed by atoms with E-state index >= 15 is 0 Å². The molecule has 0 aromatic carbocycles. The third kappa shape index (κ3) is 3.01. The number of aromatic nitrogens is 2. The first-order valence-electron chi connectivity index (χ1n) is 3.97. The highest BCUT2D eigenvalue weighted by Gasteiger charge is 2.06. The lowest BCUT2D eigenvalue weighted by atomic mass is 10.4. The van der Waals surface area contributed by atoms with E-state index in [1.807, 2.05) is 0 Å². The Morgan fingerprint density at radius 2 is 1.77 bits per heavy atom. The zero-order valence-electron chi connectivity index (χ0n) is 7.47. The van der Waals surface area contributed by atoms with Gasteiger partial charge in [-0.05, 0) is 13.3 Å². The molecule has 0 aliphatic heterocycles. The SMILES string of the molecule is CCCSc1nc(Cl)c(C)c(Cl)n1. The van der Waals surface area contributed by atoms with Gasteiger partial charge in [-0.2, -0.15) is 0 Å². The second-order valence-electron chi connectivity index (χ2n) is 2.56. The van der Waals surface area contributed by atoms with Crippen LogP contribution in [0.2, 0.25) is 10.3 Å². The van der Waals surface area contributed by atoms with Crippen molar-refractivity contribution in [3.05, 3.63) is 15.9 Å². The zero-order valence-corrected chi connectivity index (χ0v) is 9.80. The van der Waals surface area contributed by atoms with Crippen molar-refractivity contribution in [2.75, 3.05) is 5.75 Å². The largest absolute Gasteiger partial charge is 0.210 e. The molecule has 0 amide bonds. The smallest absolute Gasteiger partial charge is 0.190 e. The molecule has 0 radical (unpaired) electrons. The Hall–Kier alpha value is 0.01000. The molecule has 1 aromatic heterocycles. The second kappa shape index (κ2) is 5.03. The van der Waals surface area contributed by atoms with Crippen molar-refractivity contribution >= 4 is 35.0 Å². The first-order valence-corrected chi connectivity index (χ1v) is 5.71. The molecule has 0 saturated carbocycles. The van der Waals surface area contributed by atoms with E-state index in [0.29, 0.717) is 15.5 Å². The van der Waals surface area contributed by atoms with Gasteiger partial charge in [-0.15, -0.1) is 0 Å². The molecular formula is C8H10Cl2N2S. The summed E-state index contributed by atoms with van der Waals surface area (Å²) in [6.07, 6.45) is 1.08. The minimum atomic E-state index is 0.443. The number of nitrogens with zero attached hydrogens (tertiary/aromatic N) is 2. The normalized spacial score (nSPS) is 10.5. The lowest BCUT2D eigenvalue weighted by molar-refractivity contribution is 0.947. The van der Waals surface area contributed by atoms with Gasteiger partial charge < -0.3 is 0 Å². The average molecular weight is 237 g/mol. The van der Waals surface area contributed by atoms with Gasteiger partial charge in [0.25, 0.3) is 0 Å². The van der Waals surface area contributed by atoms with Crippen molar-refractivity contribution in [1.82, 2.24) is 9.97 Å². The maximum absolute atomic E-state index is 5.85. The van der Waals surface area contributed by atoms with Crippen LogP contribution < -0.4 is 0 Å². The molecule has 0 N–H and O–H groups in total. The van der Waals surface area contributed by atoms with E-state index in [2.05, 4.69) is 16.9 Å². The topological polar surface area (TPSA) is 25.8 Å². The molecule has 0 aliphatic rings. The first kappa shape index (κ1) is 11.1. The molecule has 5 heteroatoms. The van der Waals surface area contributed by atoms with Crippen molar-refractivity contribution in [3.8, 4) is 0 Å². The Morgan fingerprint density at radius 3 is 2.23 bits per heavy atom. The van der Waals surface area contributed by atoms with E-state index in [1.54, 1.807) is 18.7 Å². The maximum atomic E-state index is 5.85. The molecule has 1 rings (SSSR count). The highest BCUT2D eigenvalue weighted by molar-refractivity contribution is 7.99. The van der Waals surface area contributed by atoms with Crippen molar-refractivity contribution < 1.29 is 0 Å². The van der Waals surface area contributed by atoms with Crippen LogP contribution in [0.3, 0.4) is 0 Å². The van der Waals surface area contributed by atoms with Crippen molar-refractivity contribution in [1.29, 1.82) is 0 Å². The van der Waals surface area contributed by atoms with Crippen molar-refractivity contribution in [3.63, 3.8) is 0 Å². The van der Waals surface area contributed by atoms with Gasteiger partial charge in [0.05, 0.1) is 0 Å². The summed E-state index contributed by atoms with van der Waals surface area (Å²) in [7, 11) is 0. The Kier molecular flexibility index (Phi) is 4.29. The van der Waals surface area contributed by atoms with E-state index in [0.717, 1.165) is 17.7 Å². The lowest BCUT2D eigenvalue weighted by Crippen LogP contribution is -1.92. The van der Waals surface area contributed by atoms with Gasteiger partial charge in [0.15, 0.2) is 5.16 Å². The van der Waals surface area contributed by atoms with Crippen LogP contribution in [0, 0.1) is 6.92 Å². The molecule has 1 aromatic rings. The van der Waals surface area contributed by atoms with Gasteiger partial charge >= 0.3 is 0 Å². The molecule has 0 atom stereocenters. The number of hydrogen-bond donors (Lipinski definition) is 0. The van der Waals surface area contributed by atoms with E-state index in [9.17, 15) is 0 Å². The first-order chi connectivity index (χ1) is 6.15. The summed E-state index contributed by atoms with van der Waals surface area (Å²) in [5, 5.41) is 1.54. The number of halogens is 2. The van der Waals surface area contributed by atoms with Crippen LogP contribution in [0.4, 0.5) is 0 Å². The summed E-state index contributed by atoms with van der Waals surface area (Å²) in [6, 6.07) is 0. The molecule has 13 heavy (non-hydrogen) atoms. The summed E-state index contributed by atoms with van der Waals surface area (Å²) >= 11 is 13.3. The maximum Gasteiger partial charge on any atom is 0.190 e. The number of thioether (sulfide) groups is 1. The van der Waals surface area contributed by atoms with Gasteiger partial charge in [-0.3, -0.25) is 0 Å². The standard InChI is InChI=1S/C8H10Cl2N2S/c1-3-4-13-8-11-6(9)5(2)7(10)12-8/h3-4H2,1-2H3. The van der Waals surface area contributed by atoms with Gasteiger partial charge in [-0.1, -0.05) is 41.9 Å². The second-order valence-corrected chi connectivity index (χ2v) is 4.34. The lowest BCUT2D eigenvalue weighted by Gasteiger charge is -2.02. The van der Waals surface area contributed by atoms with Crippen LogP contribution in [-0.2, 0) is 0 Å². The fraction of sp³-hybridized carbons (Fsp3) is 0.500. The zero-order chi connectivity index (χ0) is 9.84. The summed E-state index contributed by atoms with van der Waals surface area (Å²) in [6.45, 7) is 3.91. The van der Waals surface area contributed by atoms with Gasteiger partial charge in [0, 0.05) is 11.3 Å². The van der Waals surface area contributed by atoms with Crippen molar-refractivity contribution in [2.45, 2.75) is 25.4 Å².